The molecule has 0 unspecified atom stereocenters. The van der Waals surface area contributed by atoms with Crippen molar-refractivity contribution in [3.05, 3.63) is 52.3 Å². The number of aromatic nitrogens is 2. The maximum absolute atomic E-state index is 5.46. The van der Waals surface area contributed by atoms with Crippen molar-refractivity contribution in [3.8, 4) is 0 Å². The first-order valence-corrected chi connectivity index (χ1v) is 8.55. The summed E-state index contributed by atoms with van der Waals surface area (Å²) in [6, 6.07) is 10.4. The van der Waals surface area contributed by atoms with Crippen molar-refractivity contribution in [2.24, 2.45) is 0 Å². The number of hydrogen-bond acceptors (Lipinski definition) is 2. The van der Waals surface area contributed by atoms with Crippen molar-refractivity contribution in [3.63, 3.8) is 0 Å². The van der Waals surface area contributed by atoms with Crippen molar-refractivity contribution in [1.82, 2.24) is 20.0 Å². The number of thiocarbonyl (C=S) groups is 1. The van der Waals surface area contributed by atoms with Gasteiger partial charge in [0, 0.05) is 20.1 Å². The average molecular weight is 381 g/mol. The van der Waals surface area contributed by atoms with E-state index in [4.69, 9.17) is 12.2 Å². The Balaban J connectivity index is 1.83. The molecule has 1 N–H and O–H groups in total. The van der Waals surface area contributed by atoms with Crippen molar-refractivity contribution in [1.29, 1.82) is 0 Å². The van der Waals surface area contributed by atoms with Crippen LogP contribution < -0.4 is 5.32 Å². The van der Waals surface area contributed by atoms with Crippen molar-refractivity contribution < 1.29 is 0 Å². The molecule has 0 fully saturated rings. The molecule has 0 aliphatic heterocycles. The van der Waals surface area contributed by atoms with Crippen LogP contribution in [0.1, 0.15) is 18.2 Å². The average Bonchev–Trinajstić information content (AvgIpc) is 2.88. The SMILES string of the molecule is CCn1ncc(Br)c1CN(C)C(=S)NCCc1ccccc1. The first kappa shape index (κ1) is 17.0. The highest BCUT2D eigenvalue weighted by molar-refractivity contribution is 9.10. The van der Waals surface area contributed by atoms with Gasteiger partial charge in [0.1, 0.15) is 0 Å². The number of aryl methyl sites for hydroxylation is 1. The molecule has 2 aromatic rings. The predicted molar refractivity (Wildman–Crippen MR) is 97.8 cm³/mol. The van der Waals surface area contributed by atoms with E-state index >= 15 is 0 Å². The topological polar surface area (TPSA) is 33.1 Å². The first-order valence-electron chi connectivity index (χ1n) is 7.35. The van der Waals surface area contributed by atoms with Gasteiger partial charge in [0.2, 0.25) is 0 Å². The Labute approximate surface area is 145 Å². The van der Waals surface area contributed by atoms with Gasteiger partial charge < -0.3 is 10.2 Å². The molecule has 1 aromatic carbocycles. The van der Waals surface area contributed by atoms with E-state index in [1.165, 1.54) is 5.56 Å². The molecule has 6 heteroatoms. The second-order valence-corrected chi connectivity index (χ2v) is 6.32. The molecule has 0 bridgehead atoms. The highest BCUT2D eigenvalue weighted by atomic mass is 79.9. The lowest BCUT2D eigenvalue weighted by Gasteiger charge is -2.21. The van der Waals surface area contributed by atoms with Gasteiger partial charge in [0.05, 0.1) is 22.9 Å². The molecule has 0 amide bonds. The predicted octanol–water partition coefficient (Wildman–Crippen LogP) is 3.21. The number of halogens is 1. The van der Waals surface area contributed by atoms with Gasteiger partial charge in [-0.3, -0.25) is 4.68 Å². The van der Waals surface area contributed by atoms with Crippen LogP contribution in [-0.4, -0.2) is 33.4 Å². The third-order valence-electron chi connectivity index (χ3n) is 3.46. The Bertz CT molecular complexity index is 612. The second kappa shape index (κ2) is 8.29. The van der Waals surface area contributed by atoms with Crippen LogP contribution in [0, 0.1) is 0 Å². The molecular weight excluding hydrogens is 360 g/mol. The van der Waals surface area contributed by atoms with Crippen LogP contribution in [0.4, 0.5) is 0 Å². The summed E-state index contributed by atoms with van der Waals surface area (Å²) < 4.78 is 3.00. The Hall–Kier alpha value is -1.40. The lowest BCUT2D eigenvalue weighted by molar-refractivity contribution is 0.456. The number of nitrogens with zero attached hydrogens (tertiary/aromatic N) is 3. The Morgan fingerprint density at radius 2 is 2.09 bits per heavy atom. The fourth-order valence-electron chi connectivity index (χ4n) is 2.21. The zero-order valence-corrected chi connectivity index (χ0v) is 15.3. The molecule has 1 heterocycles. The number of hydrogen-bond donors (Lipinski definition) is 1. The van der Waals surface area contributed by atoms with Gasteiger partial charge in [-0.25, -0.2) is 0 Å². The van der Waals surface area contributed by atoms with Gasteiger partial charge in [-0.15, -0.1) is 0 Å². The highest BCUT2D eigenvalue weighted by Crippen LogP contribution is 2.17. The lowest BCUT2D eigenvalue weighted by atomic mass is 10.1. The Morgan fingerprint density at radius 1 is 1.36 bits per heavy atom. The summed E-state index contributed by atoms with van der Waals surface area (Å²) in [5.41, 5.74) is 2.45. The molecule has 22 heavy (non-hydrogen) atoms. The van der Waals surface area contributed by atoms with Gasteiger partial charge in [-0.2, -0.15) is 5.10 Å². The largest absolute Gasteiger partial charge is 0.362 e. The van der Waals surface area contributed by atoms with E-state index in [1.54, 1.807) is 0 Å². The summed E-state index contributed by atoms with van der Waals surface area (Å²) in [7, 11) is 2.00. The first-order chi connectivity index (χ1) is 10.6. The molecule has 0 saturated carbocycles. The Morgan fingerprint density at radius 3 is 2.77 bits per heavy atom. The van der Waals surface area contributed by atoms with Crippen molar-refractivity contribution in [2.45, 2.75) is 26.4 Å². The van der Waals surface area contributed by atoms with E-state index in [0.717, 1.165) is 41.3 Å². The van der Waals surface area contributed by atoms with Gasteiger partial charge in [0.15, 0.2) is 5.11 Å². The zero-order valence-electron chi connectivity index (χ0n) is 12.9. The van der Waals surface area contributed by atoms with E-state index in [1.807, 2.05) is 28.9 Å². The normalized spacial score (nSPS) is 10.5. The molecule has 0 aliphatic carbocycles. The molecule has 0 radical (unpaired) electrons. The van der Waals surface area contributed by atoms with Crippen LogP contribution in [0.15, 0.2) is 41.0 Å². The van der Waals surface area contributed by atoms with Gasteiger partial charge in [0.25, 0.3) is 0 Å². The summed E-state index contributed by atoms with van der Waals surface area (Å²) in [4.78, 5) is 2.04. The molecule has 2 rings (SSSR count). The monoisotopic (exact) mass is 380 g/mol. The van der Waals surface area contributed by atoms with Gasteiger partial charge in [-0.05, 0) is 47.1 Å². The minimum Gasteiger partial charge on any atom is -0.362 e. The molecule has 1 aromatic heterocycles. The third-order valence-corrected chi connectivity index (χ3v) is 4.58. The Kier molecular flexibility index (Phi) is 6.39. The van der Waals surface area contributed by atoms with E-state index in [9.17, 15) is 0 Å². The fraction of sp³-hybridized carbons (Fsp3) is 0.375. The van der Waals surface area contributed by atoms with E-state index in [-0.39, 0.29) is 0 Å². The molecular formula is C16H21BrN4S. The molecule has 4 nitrogen and oxygen atoms in total. The fourth-order valence-corrected chi connectivity index (χ4v) is 2.80. The molecule has 0 aliphatic rings. The van der Waals surface area contributed by atoms with E-state index in [2.05, 4.69) is 57.5 Å². The quantitative estimate of drug-likeness (QED) is 0.779. The molecule has 118 valence electrons. The van der Waals surface area contributed by atoms with Crippen LogP contribution in [0.3, 0.4) is 0 Å². The van der Waals surface area contributed by atoms with Crippen LogP contribution >= 0.6 is 28.1 Å². The van der Waals surface area contributed by atoms with E-state index < -0.39 is 0 Å². The van der Waals surface area contributed by atoms with Crippen molar-refractivity contribution in [2.75, 3.05) is 13.6 Å². The number of nitrogens with one attached hydrogen (secondary N) is 1. The smallest absolute Gasteiger partial charge is 0.169 e. The maximum Gasteiger partial charge on any atom is 0.169 e. The molecule has 0 spiro atoms. The highest BCUT2D eigenvalue weighted by Gasteiger charge is 2.12. The maximum atomic E-state index is 5.46. The third kappa shape index (κ3) is 4.55. The van der Waals surface area contributed by atoms with Gasteiger partial charge >= 0.3 is 0 Å². The van der Waals surface area contributed by atoms with Crippen LogP contribution in [-0.2, 0) is 19.5 Å². The number of rotatable bonds is 6. The summed E-state index contributed by atoms with van der Waals surface area (Å²) in [6.45, 7) is 4.50. The summed E-state index contributed by atoms with van der Waals surface area (Å²) in [5.74, 6) is 0. The summed E-state index contributed by atoms with van der Waals surface area (Å²) >= 11 is 9.00. The zero-order chi connectivity index (χ0) is 15.9. The molecule has 0 atom stereocenters. The van der Waals surface area contributed by atoms with Crippen LogP contribution in [0.25, 0.3) is 0 Å². The second-order valence-electron chi connectivity index (χ2n) is 5.08. The van der Waals surface area contributed by atoms with Crippen LogP contribution in [0.2, 0.25) is 0 Å². The van der Waals surface area contributed by atoms with E-state index in [0.29, 0.717) is 0 Å². The lowest BCUT2D eigenvalue weighted by Crippen LogP contribution is -2.38. The standard InChI is InChI=1S/C16H21BrN4S/c1-3-21-15(14(17)11-19-21)12-20(2)16(22)18-10-9-13-7-5-4-6-8-13/h4-8,11H,3,9-10,12H2,1-2H3,(H,18,22). The summed E-state index contributed by atoms with van der Waals surface area (Å²) in [5, 5.41) is 8.40. The molecule has 0 saturated heterocycles. The van der Waals surface area contributed by atoms with Crippen LogP contribution in [0.5, 0.6) is 0 Å². The van der Waals surface area contributed by atoms with Gasteiger partial charge in [-0.1, -0.05) is 30.3 Å². The minimum atomic E-state index is 0.728. The minimum absolute atomic E-state index is 0.728. The van der Waals surface area contributed by atoms with Crippen molar-refractivity contribution >= 4 is 33.3 Å². The summed E-state index contributed by atoms with van der Waals surface area (Å²) in [6.07, 6.45) is 2.80. The number of benzene rings is 1.